The molecule has 0 bridgehead atoms. The Morgan fingerprint density at radius 3 is 2.70 bits per heavy atom. The van der Waals surface area contributed by atoms with Gasteiger partial charge in [-0.3, -0.25) is 8.98 Å². The van der Waals surface area contributed by atoms with Crippen molar-refractivity contribution in [3.05, 3.63) is 10.4 Å². The van der Waals surface area contributed by atoms with Crippen molar-refractivity contribution in [3.8, 4) is 0 Å². The maximum Gasteiger partial charge on any atom is 0.306 e. The van der Waals surface area contributed by atoms with Gasteiger partial charge in [0, 0.05) is 11.3 Å². The number of rotatable bonds is 6. The molecular formula is C12H19N3O7S. The lowest BCUT2D eigenvalue weighted by Crippen LogP contribution is -2.46. The second-order valence-corrected chi connectivity index (χ2v) is 7.48. The lowest BCUT2D eigenvalue weighted by molar-refractivity contribution is -0.163. The van der Waals surface area contributed by atoms with Gasteiger partial charge in [0.15, 0.2) is 5.79 Å². The topological polar surface area (TPSA) is 137 Å². The molecule has 2 aliphatic heterocycles. The van der Waals surface area contributed by atoms with Crippen LogP contribution in [-0.2, 0) is 33.3 Å². The second-order valence-electron chi connectivity index (χ2n) is 5.88. The minimum Gasteiger partial charge on any atom is -0.459 e. The summed E-state index contributed by atoms with van der Waals surface area (Å²) in [5.41, 5.74) is 8.48. The second kappa shape index (κ2) is 6.62. The fourth-order valence-corrected chi connectivity index (χ4v) is 3.35. The van der Waals surface area contributed by atoms with E-state index in [0.717, 1.165) is 6.26 Å². The van der Waals surface area contributed by atoms with Gasteiger partial charge in [0.25, 0.3) is 10.1 Å². The molecule has 2 rings (SSSR count). The summed E-state index contributed by atoms with van der Waals surface area (Å²) < 4.78 is 44.8. The van der Waals surface area contributed by atoms with Crippen LogP contribution in [0.25, 0.3) is 10.4 Å². The molecular weight excluding hydrogens is 330 g/mol. The monoisotopic (exact) mass is 349 g/mol. The number of nitrogens with zero attached hydrogens (tertiary/aromatic N) is 3. The van der Waals surface area contributed by atoms with Crippen molar-refractivity contribution in [2.75, 3.05) is 12.8 Å². The predicted octanol–water partition coefficient (Wildman–Crippen LogP) is 0.867. The quantitative estimate of drug-likeness (QED) is 0.228. The summed E-state index contributed by atoms with van der Waals surface area (Å²) >= 11 is 0. The van der Waals surface area contributed by atoms with Crippen LogP contribution in [0.15, 0.2) is 5.11 Å². The maximum absolute atomic E-state index is 11.6. The van der Waals surface area contributed by atoms with E-state index in [4.69, 9.17) is 23.9 Å². The number of hydrogen-bond acceptors (Lipinski definition) is 8. The molecule has 0 aliphatic carbocycles. The number of esters is 1. The largest absolute Gasteiger partial charge is 0.459 e. The van der Waals surface area contributed by atoms with Crippen LogP contribution in [0.2, 0.25) is 0 Å². The minimum atomic E-state index is -3.83. The first-order chi connectivity index (χ1) is 10.6. The van der Waals surface area contributed by atoms with Gasteiger partial charge in [0.1, 0.15) is 18.3 Å². The van der Waals surface area contributed by atoms with Crippen LogP contribution < -0.4 is 0 Å². The zero-order chi connectivity index (χ0) is 17.3. The van der Waals surface area contributed by atoms with E-state index < -0.39 is 46.3 Å². The third kappa shape index (κ3) is 4.79. The molecule has 0 aromatic heterocycles. The Morgan fingerprint density at radius 1 is 1.48 bits per heavy atom. The lowest BCUT2D eigenvalue weighted by atomic mass is 10.0. The van der Waals surface area contributed by atoms with Gasteiger partial charge in [0.2, 0.25) is 0 Å². The van der Waals surface area contributed by atoms with E-state index in [1.54, 1.807) is 13.8 Å². The van der Waals surface area contributed by atoms with Gasteiger partial charge in [0.05, 0.1) is 18.9 Å². The van der Waals surface area contributed by atoms with E-state index in [0.29, 0.717) is 6.42 Å². The van der Waals surface area contributed by atoms with Crippen LogP contribution in [0, 0.1) is 0 Å². The van der Waals surface area contributed by atoms with Crippen molar-refractivity contribution in [1.29, 1.82) is 0 Å². The molecule has 0 amide bonds. The average Bonchev–Trinajstić information content (AvgIpc) is 2.96. The SMILES string of the molecule is CC1(C)O[C@@H]([C@@H](OS(C)(=O)=O)[C@H]2CCC(=O)O2)[C@@H](CN=[N+]=[N-])O1. The summed E-state index contributed by atoms with van der Waals surface area (Å²) in [6.07, 6.45) is -2.03. The summed E-state index contributed by atoms with van der Waals surface area (Å²) in [6, 6.07) is 0. The zero-order valence-electron chi connectivity index (χ0n) is 13.0. The van der Waals surface area contributed by atoms with Crippen LogP contribution in [0.3, 0.4) is 0 Å². The molecule has 0 N–H and O–H groups in total. The summed E-state index contributed by atoms with van der Waals surface area (Å²) in [7, 11) is -3.83. The van der Waals surface area contributed by atoms with Crippen molar-refractivity contribution in [2.24, 2.45) is 5.11 Å². The molecule has 10 nitrogen and oxygen atoms in total. The molecule has 0 spiro atoms. The first-order valence-electron chi connectivity index (χ1n) is 7.05. The zero-order valence-corrected chi connectivity index (χ0v) is 13.9. The van der Waals surface area contributed by atoms with Crippen molar-refractivity contribution in [1.82, 2.24) is 0 Å². The molecule has 2 aliphatic rings. The van der Waals surface area contributed by atoms with E-state index in [2.05, 4.69) is 10.0 Å². The Kier molecular flexibility index (Phi) is 5.17. The molecule has 0 saturated carbocycles. The molecule has 2 saturated heterocycles. The Labute approximate surface area is 133 Å². The van der Waals surface area contributed by atoms with Gasteiger partial charge in [-0.15, -0.1) is 0 Å². The maximum atomic E-state index is 11.6. The molecule has 2 fully saturated rings. The van der Waals surface area contributed by atoms with Gasteiger partial charge < -0.3 is 14.2 Å². The standard InChI is InChI=1S/C12H19N3O7S/c1-12(2)20-8(6-14-15-13)10(21-12)11(22-23(3,17)18)7-4-5-9(16)19-7/h7-8,10-11H,4-6H2,1-3H3/t7-,8-,10-,11+/m1/s1. The Balaban J connectivity index is 2.27. The van der Waals surface area contributed by atoms with E-state index >= 15 is 0 Å². The summed E-state index contributed by atoms with van der Waals surface area (Å²) in [6.45, 7) is 3.23. The molecule has 0 unspecified atom stereocenters. The van der Waals surface area contributed by atoms with E-state index in [-0.39, 0.29) is 13.0 Å². The molecule has 0 aromatic carbocycles. The summed E-state index contributed by atoms with van der Waals surface area (Å²) in [4.78, 5) is 14.0. The predicted molar refractivity (Wildman–Crippen MR) is 76.7 cm³/mol. The highest BCUT2D eigenvalue weighted by Crippen LogP contribution is 2.35. The number of carbonyl (C=O) groups is 1. The Bertz CT molecular complexity index is 614. The Morgan fingerprint density at radius 2 is 2.17 bits per heavy atom. The van der Waals surface area contributed by atoms with Crippen molar-refractivity contribution >= 4 is 16.1 Å². The van der Waals surface area contributed by atoms with Crippen LogP contribution in [-0.4, -0.2) is 57.4 Å². The van der Waals surface area contributed by atoms with Crippen LogP contribution in [0.1, 0.15) is 26.7 Å². The lowest BCUT2D eigenvalue weighted by Gasteiger charge is -2.28. The highest BCUT2D eigenvalue weighted by molar-refractivity contribution is 7.86. The molecule has 11 heteroatoms. The molecule has 130 valence electrons. The molecule has 0 radical (unpaired) electrons. The van der Waals surface area contributed by atoms with Crippen LogP contribution in [0.4, 0.5) is 0 Å². The number of hydrogen-bond donors (Lipinski definition) is 0. The highest BCUT2D eigenvalue weighted by atomic mass is 32.2. The summed E-state index contributed by atoms with van der Waals surface area (Å²) in [5.74, 6) is -1.44. The minimum absolute atomic E-state index is 0.0606. The smallest absolute Gasteiger partial charge is 0.306 e. The van der Waals surface area contributed by atoms with Gasteiger partial charge in [-0.25, -0.2) is 0 Å². The number of azide groups is 1. The van der Waals surface area contributed by atoms with Crippen molar-refractivity contribution in [2.45, 2.75) is 56.9 Å². The van der Waals surface area contributed by atoms with E-state index in [1.165, 1.54) is 0 Å². The van der Waals surface area contributed by atoms with Crippen molar-refractivity contribution < 1.29 is 31.6 Å². The van der Waals surface area contributed by atoms with Gasteiger partial charge in [-0.1, -0.05) is 5.11 Å². The van der Waals surface area contributed by atoms with Gasteiger partial charge in [-0.05, 0) is 25.8 Å². The summed E-state index contributed by atoms with van der Waals surface area (Å²) in [5, 5.41) is 3.45. The fraction of sp³-hybridized carbons (Fsp3) is 0.917. The normalized spacial score (nSPS) is 31.4. The van der Waals surface area contributed by atoms with E-state index in [9.17, 15) is 13.2 Å². The molecule has 0 aromatic rings. The first-order valence-corrected chi connectivity index (χ1v) is 8.87. The molecule has 4 atom stereocenters. The van der Waals surface area contributed by atoms with Gasteiger partial charge in [-0.2, -0.15) is 8.42 Å². The number of cyclic esters (lactones) is 1. The van der Waals surface area contributed by atoms with Crippen LogP contribution >= 0.6 is 0 Å². The van der Waals surface area contributed by atoms with Crippen LogP contribution in [0.5, 0.6) is 0 Å². The van der Waals surface area contributed by atoms with Gasteiger partial charge >= 0.3 is 5.97 Å². The molecule has 23 heavy (non-hydrogen) atoms. The van der Waals surface area contributed by atoms with E-state index in [1.807, 2.05) is 0 Å². The van der Waals surface area contributed by atoms with Crippen molar-refractivity contribution in [3.63, 3.8) is 0 Å². The fourth-order valence-electron chi connectivity index (χ4n) is 2.71. The first kappa shape index (κ1) is 18.0. The average molecular weight is 349 g/mol. The third-order valence-corrected chi connectivity index (χ3v) is 4.01. The Hall–Kier alpha value is -1.39. The number of ether oxygens (including phenoxy) is 3. The highest BCUT2D eigenvalue weighted by Gasteiger charge is 2.50. The molecule has 2 heterocycles. The number of carbonyl (C=O) groups excluding carboxylic acids is 1. The third-order valence-electron chi connectivity index (χ3n) is 3.44.